The van der Waals surface area contributed by atoms with E-state index in [1.807, 2.05) is 12.1 Å². The van der Waals surface area contributed by atoms with E-state index in [9.17, 15) is 18.0 Å². The second kappa shape index (κ2) is 11.7. The van der Waals surface area contributed by atoms with Crippen molar-refractivity contribution in [2.75, 3.05) is 6.61 Å². The molecule has 3 aliphatic rings. The molecule has 0 spiro atoms. The molecule has 0 radical (unpaired) electrons. The minimum absolute atomic E-state index is 0.00402. The monoisotopic (exact) mass is 559 g/mol. The van der Waals surface area contributed by atoms with Crippen molar-refractivity contribution in [1.82, 2.24) is 0 Å². The van der Waals surface area contributed by atoms with E-state index in [2.05, 4.69) is 25.5 Å². The summed E-state index contributed by atoms with van der Waals surface area (Å²) in [6.45, 7) is 1.69. The zero-order valence-electron chi connectivity index (χ0n) is 22.2. The van der Waals surface area contributed by atoms with Crippen molar-refractivity contribution < 1.29 is 33.6 Å². The Balaban J connectivity index is 0.00000112. The minimum Gasteiger partial charge on any atom is -0.459 e. The summed E-state index contributed by atoms with van der Waals surface area (Å²) in [7, 11) is -3.96. The first-order valence-corrected chi connectivity index (χ1v) is 14.7. The Morgan fingerprint density at radius 3 is 2.68 bits per heavy atom. The van der Waals surface area contributed by atoms with Gasteiger partial charge in [-0.25, -0.2) is 23.1 Å². The third kappa shape index (κ3) is 5.89. The van der Waals surface area contributed by atoms with Crippen LogP contribution in [0, 0.1) is 17.3 Å². The Hall–Kier alpha value is -2.50. The summed E-state index contributed by atoms with van der Waals surface area (Å²) in [5, 5.41) is 5.11. The standard InChI is InChI=1S/C27H31NO6S.BHOS/c1-27-14-13-21-20-8-3-2-5-17(20)9-10-22(21)23(27)11-12-24(27)34-25(29)16-33-26(30)18-6-4-7-19(15-18)35(28,31)32;2-1-3/h2-8,15,21-24H,9-14,16H2,1H3,(H2,28,31,32);3H/t21?,22?,23?,24-,27-;/m0./s1/i2T;. The summed E-state index contributed by atoms with van der Waals surface area (Å²) in [5.74, 6) is 0.0832. The number of nitrogens with two attached hydrogens (primary N) is 1. The normalized spacial score (nSPS) is 27.7. The van der Waals surface area contributed by atoms with Gasteiger partial charge in [-0.3, -0.25) is 0 Å². The molecule has 3 aliphatic carbocycles. The molecule has 0 aromatic heterocycles. The van der Waals surface area contributed by atoms with Gasteiger partial charge in [-0.05, 0) is 85.6 Å². The van der Waals surface area contributed by atoms with Gasteiger partial charge in [0.1, 0.15) is 6.10 Å². The molecule has 0 heterocycles. The summed E-state index contributed by atoms with van der Waals surface area (Å²) >= 11 is 3.11. The first kappa shape index (κ1) is 27.1. The van der Waals surface area contributed by atoms with Crippen LogP contribution in [-0.4, -0.2) is 39.5 Å². The van der Waals surface area contributed by atoms with Gasteiger partial charge in [-0.2, -0.15) is 0 Å². The topological polar surface area (TPSA) is 130 Å². The van der Waals surface area contributed by atoms with Crippen LogP contribution < -0.4 is 5.14 Å². The van der Waals surface area contributed by atoms with E-state index in [4.69, 9.17) is 20.7 Å². The first-order chi connectivity index (χ1) is 18.5. The van der Waals surface area contributed by atoms with Gasteiger partial charge in [0.15, 0.2) is 6.61 Å². The maximum Gasteiger partial charge on any atom is 0.344 e. The zero-order valence-corrected chi connectivity index (χ0v) is 22.9. The van der Waals surface area contributed by atoms with Crippen molar-refractivity contribution in [2.45, 2.75) is 62.4 Å². The summed E-state index contributed by atoms with van der Waals surface area (Å²) in [5.41, 5.74) is 2.58. The molecule has 38 heavy (non-hydrogen) atoms. The Morgan fingerprint density at radius 2 is 1.95 bits per heavy atom. The Kier molecular flexibility index (Phi) is 8.35. The fourth-order valence-corrected chi connectivity index (χ4v) is 7.36. The molecule has 8 nitrogen and oxygen atoms in total. The average molecular weight is 560 g/mol. The van der Waals surface area contributed by atoms with Gasteiger partial charge >= 0.3 is 35.6 Å². The Labute approximate surface area is 230 Å². The predicted octanol–water partition coefficient (Wildman–Crippen LogP) is 3.84. The van der Waals surface area contributed by atoms with Crippen LogP contribution in [0.5, 0.6) is 0 Å². The molecule has 0 aliphatic heterocycles. The molecule has 0 saturated heterocycles. The number of carbonyl (C=O) groups excluding carboxylic acids is 2. The fraction of sp³-hybridized carbons (Fsp3) is 0.481. The van der Waals surface area contributed by atoms with E-state index in [0.29, 0.717) is 30.2 Å². The fourth-order valence-electron chi connectivity index (χ4n) is 6.80. The van der Waals surface area contributed by atoms with Crippen LogP contribution in [0.3, 0.4) is 0 Å². The summed E-state index contributed by atoms with van der Waals surface area (Å²) in [6.07, 6.45) is 6.09. The van der Waals surface area contributed by atoms with Crippen LogP contribution in [0.1, 0.15) is 67.8 Å². The molecule has 2 aromatic rings. The Bertz CT molecular complexity index is 1370. The van der Waals surface area contributed by atoms with Gasteiger partial charge in [-0.1, -0.05) is 37.2 Å². The molecular formula is C27H32BNO7S2. The predicted molar refractivity (Wildman–Crippen MR) is 144 cm³/mol. The first-order valence-electron chi connectivity index (χ1n) is 13.1. The Morgan fingerprint density at radius 1 is 1.18 bits per heavy atom. The number of sulfonamides is 1. The molecule has 2 aromatic carbocycles. The number of aryl methyl sites for hydroxylation is 1. The number of fused-ring (bicyclic) bond motifs is 5. The molecule has 202 valence electrons. The van der Waals surface area contributed by atoms with Crippen LogP contribution >= 0.6 is 12.5 Å². The summed E-state index contributed by atoms with van der Waals surface area (Å²) < 4.78 is 50.6. The van der Waals surface area contributed by atoms with Crippen LogP contribution in [0.4, 0.5) is 0 Å². The summed E-state index contributed by atoms with van der Waals surface area (Å²) in [4.78, 5) is 24.8. The second-order valence-corrected chi connectivity index (χ2v) is 12.2. The molecule has 5 atom stereocenters. The zero-order chi connectivity index (χ0) is 28.4. The third-order valence-electron chi connectivity index (χ3n) is 8.48. The summed E-state index contributed by atoms with van der Waals surface area (Å²) in [6, 6.07) is 11.8. The van der Waals surface area contributed by atoms with Crippen molar-refractivity contribution in [1.29, 1.82) is 0 Å². The number of esters is 2. The van der Waals surface area contributed by atoms with Crippen LogP contribution in [0.15, 0.2) is 53.4 Å². The average Bonchev–Trinajstić information content (AvgIpc) is 3.23. The van der Waals surface area contributed by atoms with E-state index in [1.165, 1.54) is 29.3 Å². The van der Waals surface area contributed by atoms with E-state index in [1.54, 1.807) is 0 Å². The number of rotatable bonds is 5. The van der Waals surface area contributed by atoms with Crippen LogP contribution in [-0.2, 0) is 35.4 Å². The number of hydrogen-bond donors (Lipinski definition) is 2. The minimum atomic E-state index is -3.96. The van der Waals surface area contributed by atoms with Crippen molar-refractivity contribution in [3.63, 3.8) is 0 Å². The quantitative estimate of drug-likeness (QED) is 0.324. The maximum absolute atomic E-state index is 12.6. The number of primary sulfonamides is 1. The van der Waals surface area contributed by atoms with E-state index in [0.717, 1.165) is 44.6 Å². The van der Waals surface area contributed by atoms with E-state index >= 15 is 0 Å². The molecule has 2 N–H and O–H groups in total. The molecule has 5 rings (SSSR count). The smallest absolute Gasteiger partial charge is 0.344 e. The molecule has 2 saturated carbocycles. The molecule has 2 fully saturated rings. The SMILES string of the molecule is O=BS.[3H]c1ccc2c(c1)CCC1C2CC[C@@]2(C)C1CC[C@@H]2OC(=O)COC(=O)c1cccc(S(N)(=O)=O)c1. The van der Waals surface area contributed by atoms with Crippen LogP contribution in [0.2, 0.25) is 0 Å². The third-order valence-corrected chi connectivity index (χ3v) is 9.39. The van der Waals surface area contributed by atoms with Gasteiger partial charge in [0.05, 0.1) is 11.8 Å². The van der Waals surface area contributed by atoms with Crippen molar-refractivity contribution in [2.24, 2.45) is 22.4 Å². The van der Waals surface area contributed by atoms with Gasteiger partial charge in [0.25, 0.3) is 0 Å². The van der Waals surface area contributed by atoms with E-state index in [-0.39, 0.29) is 22.0 Å². The molecule has 3 unspecified atom stereocenters. The maximum atomic E-state index is 12.6. The van der Waals surface area contributed by atoms with Crippen molar-refractivity contribution in [3.8, 4) is 0 Å². The van der Waals surface area contributed by atoms with E-state index < -0.39 is 28.6 Å². The second-order valence-electron chi connectivity index (χ2n) is 10.4. The molecule has 11 heteroatoms. The molecular weight excluding hydrogens is 525 g/mol. The number of hydrogen-bond acceptors (Lipinski definition) is 7. The largest absolute Gasteiger partial charge is 0.459 e. The number of ether oxygens (including phenoxy) is 2. The van der Waals surface area contributed by atoms with Gasteiger partial charge in [0, 0.05) is 5.41 Å². The number of carbonyl (C=O) groups is 2. The van der Waals surface area contributed by atoms with Gasteiger partial charge in [-0.15, -0.1) is 0 Å². The van der Waals surface area contributed by atoms with Crippen molar-refractivity contribution >= 4 is 40.9 Å². The number of benzene rings is 2. The van der Waals surface area contributed by atoms with Crippen molar-refractivity contribution in [3.05, 3.63) is 65.2 Å². The van der Waals surface area contributed by atoms with Gasteiger partial charge < -0.3 is 9.47 Å². The number of thiol groups is 1. The van der Waals surface area contributed by atoms with Crippen LogP contribution in [0.25, 0.3) is 0 Å². The molecule has 0 amide bonds. The van der Waals surface area contributed by atoms with Gasteiger partial charge in [0.2, 0.25) is 10.0 Å². The molecule has 0 bridgehead atoms.